The molecule has 1 aliphatic rings. The van der Waals surface area contributed by atoms with Crippen molar-refractivity contribution in [2.75, 3.05) is 13.2 Å². The lowest BCUT2D eigenvalue weighted by Crippen LogP contribution is -2.48. The van der Waals surface area contributed by atoms with Crippen LogP contribution in [0.25, 0.3) is 0 Å². The van der Waals surface area contributed by atoms with Crippen LogP contribution in [-0.4, -0.2) is 25.2 Å². The summed E-state index contributed by atoms with van der Waals surface area (Å²) in [7, 11) is 0. The van der Waals surface area contributed by atoms with Gasteiger partial charge in [0.2, 0.25) is 0 Å². The highest BCUT2D eigenvalue weighted by atomic mass is 79.9. The fourth-order valence-electron chi connectivity index (χ4n) is 1.25. The standard InChI is InChI=1S/C10H9BrClNO2/c11-9-2-1-6(12)3-8(9)10(14)13-7-4-15-5-7/h1-3,7H,4-5H2,(H,13,14). The molecule has 0 radical (unpaired) electrons. The van der Waals surface area contributed by atoms with Gasteiger partial charge in [0.1, 0.15) is 0 Å². The predicted molar refractivity (Wildman–Crippen MR) is 61.2 cm³/mol. The molecule has 3 nitrogen and oxygen atoms in total. The average molecular weight is 291 g/mol. The van der Waals surface area contributed by atoms with Crippen LogP contribution in [0.3, 0.4) is 0 Å². The molecular weight excluding hydrogens is 281 g/mol. The molecule has 0 unspecified atom stereocenters. The molecule has 0 saturated carbocycles. The van der Waals surface area contributed by atoms with Gasteiger partial charge in [-0.05, 0) is 34.1 Å². The van der Waals surface area contributed by atoms with Gasteiger partial charge in [-0.2, -0.15) is 0 Å². The van der Waals surface area contributed by atoms with Crippen molar-refractivity contribution >= 4 is 33.4 Å². The third kappa shape index (κ3) is 2.51. The van der Waals surface area contributed by atoms with E-state index in [4.69, 9.17) is 16.3 Å². The van der Waals surface area contributed by atoms with Crippen LogP contribution in [0.4, 0.5) is 0 Å². The monoisotopic (exact) mass is 289 g/mol. The summed E-state index contributed by atoms with van der Waals surface area (Å²) in [5.74, 6) is -0.127. The zero-order valence-electron chi connectivity index (χ0n) is 7.80. The van der Waals surface area contributed by atoms with Gasteiger partial charge < -0.3 is 10.1 Å². The van der Waals surface area contributed by atoms with E-state index in [1.54, 1.807) is 18.2 Å². The number of benzene rings is 1. The van der Waals surface area contributed by atoms with E-state index in [0.29, 0.717) is 23.8 Å². The zero-order valence-corrected chi connectivity index (χ0v) is 10.1. The lowest BCUT2D eigenvalue weighted by atomic mass is 10.2. The van der Waals surface area contributed by atoms with Crippen LogP contribution >= 0.6 is 27.5 Å². The zero-order chi connectivity index (χ0) is 10.8. The molecular formula is C10H9BrClNO2. The van der Waals surface area contributed by atoms with Crippen LogP contribution in [0.1, 0.15) is 10.4 Å². The highest BCUT2D eigenvalue weighted by Gasteiger charge is 2.21. The average Bonchev–Trinajstić information content (AvgIpc) is 2.15. The van der Waals surface area contributed by atoms with E-state index in [1.165, 1.54) is 0 Å². The Labute approximate surface area is 101 Å². The topological polar surface area (TPSA) is 38.3 Å². The Morgan fingerprint density at radius 1 is 1.53 bits per heavy atom. The molecule has 1 amide bonds. The third-order valence-electron chi connectivity index (χ3n) is 2.15. The van der Waals surface area contributed by atoms with E-state index in [2.05, 4.69) is 21.2 Å². The van der Waals surface area contributed by atoms with E-state index in [0.717, 1.165) is 4.47 Å². The van der Waals surface area contributed by atoms with E-state index in [9.17, 15) is 4.79 Å². The molecule has 0 aliphatic carbocycles. The van der Waals surface area contributed by atoms with Crippen LogP contribution in [0.2, 0.25) is 5.02 Å². The largest absolute Gasteiger partial charge is 0.377 e. The first-order valence-corrected chi connectivity index (χ1v) is 5.67. The fraction of sp³-hybridized carbons (Fsp3) is 0.300. The second-order valence-electron chi connectivity index (χ2n) is 3.33. The summed E-state index contributed by atoms with van der Waals surface area (Å²) in [6.45, 7) is 1.17. The number of carbonyl (C=O) groups is 1. The smallest absolute Gasteiger partial charge is 0.252 e. The molecule has 1 aromatic carbocycles. The number of amides is 1. The number of carbonyl (C=O) groups excluding carboxylic acids is 1. The van der Waals surface area contributed by atoms with Crippen molar-refractivity contribution in [3.05, 3.63) is 33.3 Å². The third-order valence-corrected chi connectivity index (χ3v) is 3.07. The van der Waals surface area contributed by atoms with Gasteiger partial charge in [-0.3, -0.25) is 4.79 Å². The number of halogens is 2. The Kier molecular flexibility index (Phi) is 3.29. The van der Waals surface area contributed by atoms with Gasteiger partial charge in [-0.15, -0.1) is 0 Å². The van der Waals surface area contributed by atoms with Crippen molar-refractivity contribution < 1.29 is 9.53 Å². The molecule has 1 aliphatic heterocycles. The summed E-state index contributed by atoms with van der Waals surface area (Å²) in [5, 5.41) is 3.40. The van der Waals surface area contributed by atoms with Crippen LogP contribution in [-0.2, 0) is 4.74 Å². The van der Waals surface area contributed by atoms with Crippen LogP contribution < -0.4 is 5.32 Å². The molecule has 1 heterocycles. The first kappa shape index (κ1) is 10.9. The van der Waals surface area contributed by atoms with Crippen LogP contribution in [0, 0.1) is 0 Å². The van der Waals surface area contributed by atoms with E-state index < -0.39 is 0 Å². The van der Waals surface area contributed by atoms with Gasteiger partial charge in [0, 0.05) is 9.50 Å². The quantitative estimate of drug-likeness (QED) is 0.907. The molecule has 15 heavy (non-hydrogen) atoms. The maximum atomic E-state index is 11.8. The Hall–Kier alpha value is -0.580. The van der Waals surface area contributed by atoms with Crippen molar-refractivity contribution in [1.82, 2.24) is 5.32 Å². The van der Waals surface area contributed by atoms with Crippen molar-refractivity contribution in [3.63, 3.8) is 0 Å². The summed E-state index contributed by atoms with van der Waals surface area (Å²) in [6, 6.07) is 5.26. The summed E-state index contributed by atoms with van der Waals surface area (Å²) in [4.78, 5) is 11.8. The lowest BCUT2D eigenvalue weighted by molar-refractivity contribution is -0.00347. The van der Waals surface area contributed by atoms with Crippen molar-refractivity contribution in [2.45, 2.75) is 6.04 Å². The molecule has 0 atom stereocenters. The predicted octanol–water partition coefficient (Wildman–Crippen LogP) is 2.23. The molecule has 1 aromatic rings. The lowest BCUT2D eigenvalue weighted by Gasteiger charge is -2.26. The Balaban J connectivity index is 2.12. The van der Waals surface area contributed by atoms with Gasteiger partial charge in [-0.1, -0.05) is 11.6 Å². The molecule has 0 spiro atoms. The Morgan fingerprint density at radius 3 is 2.87 bits per heavy atom. The molecule has 0 bridgehead atoms. The Morgan fingerprint density at radius 2 is 2.27 bits per heavy atom. The first-order valence-electron chi connectivity index (χ1n) is 4.50. The summed E-state index contributed by atoms with van der Waals surface area (Å²) in [5.41, 5.74) is 0.550. The van der Waals surface area contributed by atoms with Gasteiger partial charge >= 0.3 is 0 Å². The minimum Gasteiger partial charge on any atom is -0.377 e. The van der Waals surface area contributed by atoms with Gasteiger partial charge in [0.25, 0.3) is 5.91 Å². The maximum Gasteiger partial charge on any atom is 0.252 e. The number of ether oxygens (including phenoxy) is 1. The van der Waals surface area contributed by atoms with Crippen molar-refractivity contribution in [2.24, 2.45) is 0 Å². The summed E-state index contributed by atoms with van der Waals surface area (Å²) < 4.78 is 5.71. The maximum absolute atomic E-state index is 11.8. The Bertz CT molecular complexity index is 393. The number of hydrogen-bond donors (Lipinski definition) is 1. The molecule has 80 valence electrons. The van der Waals surface area contributed by atoms with E-state index >= 15 is 0 Å². The molecule has 1 saturated heterocycles. The second kappa shape index (κ2) is 4.51. The molecule has 1 fully saturated rings. The molecule has 2 rings (SSSR count). The normalized spacial score (nSPS) is 15.9. The first-order chi connectivity index (χ1) is 7.16. The molecule has 0 aromatic heterocycles. The fourth-order valence-corrected chi connectivity index (χ4v) is 1.85. The molecule has 5 heteroatoms. The summed E-state index contributed by atoms with van der Waals surface area (Å²) in [6.07, 6.45) is 0. The minimum atomic E-state index is -0.127. The van der Waals surface area contributed by atoms with Crippen LogP contribution in [0.5, 0.6) is 0 Å². The van der Waals surface area contributed by atoms with Crippen LogP contribution in [0.15, 0.2) is 22.7 Å². The number of nitrogens with one attached hydrogen (secondary N) is 1. The number of hydrogen-bond acceptors (Lipinski definition) is 2. The van der Waals surface area contributed by atoms with Gasteiger partial charge in [-0.25, -0.2) is 0 Å². The van der Waals surface area contributed by atoms with Crippen molar-refractivity contribution in [3.8, 4) is 0 Å². The highest BCUT2D eigenvalue weighted by molar-refractivity contribution is 9.10. The van der Waals surface area contributed by atoms with Crippen molar-refractivity contribution in [1.29, 1.82) is 0 Å². The summed E-state index contributed by atoms with van der Waals surface area (Å²) >= 11 is 9.13. The SMILES string of the molecule is O=C(NC1COC1)c1cc(Cl)ccc1Br. The second-order valence-corrected chi connectivity index (χ2v) is 4.62. The number of rotatable bonds is 2. The van der Waals surface area contributed by atoms with Gasteiger partial charge in [0.15, 0.2) is 0 Å². The molecule has 1 N–H and O–H groups in total. The van der Waals surface area contributed by atoms with E-state index in [-0.39, 0.29) is 11.9 Å². The minimum absolute atomic E-state index is 0.127. The van der Waals surface area contributed by atoms with Gasteiger partial charge in [0.05, 0.1) is 24.8 Å². The van der Waals surface area contributed by atoms with E-state index in [1.807, 2.05) is 0 Å². The highest BCUT2D eigenvalue weighted by Crippen LogP contribution is 2.21.